The van der Waals surface area contributed by atoms with E-state index in [0.29, 0.717) is 32.0 Å². The molecule has 0 bridgehead atoms. The maximum atomic E-state index is 12.8. The zero-order chi connectivity index (χ0) is 22.5. The summed E-state index contributed by atoms with van der Waals surface area (Å²) >= 11 is 0. The van der Waals surface area contributed by atoms with Gasteiger partial charge in [-0.15, -0.1) is 0 Å². The van der Waals surface area contributed by atoms with Crippen LogP contribution in [0.15, 0.2) is 42.5 Å². The highest BCUT2D eigenvalue weighted by molar-refractivity contribution is 5.87. The Morgan fingerprint density at radius 1 is 0.935 bits per heavy atom. The molecule has 0 aliphatic heterocycles. The molecule has 2 aromatic carbocycles. The molecule has 2 amide bonds. The Hall–Kier alpha value is -2.40. The van der Waals surface area contributed by atoms with Crippen LogP contribution in [-0.2, 0) is 16.0 Å². The van der Waals surface area contributed by atoms with Crippen LogP contribution in [0.3, 0.4) is 0 Å². The van der Waals surface area contributed by atoms with Crippen molar-refractivity contribution in [3.63, 3.8) is 0 Å². The van der Waals surface area contributed by atoms with Gasteiger partial charge in [-0.3, -0.25) is 9.59 Å². The number of benzene rings is 2. The third kappa shape index (κ3) is 9.52. The van der Waals surface area contributed by atoms with Crippen LogP contribution in [0.4, 0.5) is 0 Å². The number of hydrogen-bond acceptors (Lipinski definition) is 3. The molecular formula is C26H39N3O2. The van der Waals surface area contributed by atoms with Crippen LogP contribution in [0.1, 0.15) is 64.9 Å². The van der Waals surface area contributed by atoms with E-state index in [-0.39, 0.29) is 11.8 Å². The second-order valence-electron chi connectivity index (χ2n) is 8.55. The first-order valence-corrected chi connectivity index (χ1v) is 11.8. The van der Waals surface area contributed by atoms with Gasteiger partial charge in [0.25, 0.3) is 0 Å². The molecule has 2 rings (SSSR count). The lowest BCUT2D eigenvalue weighted by molar-refractivity contribution is -0.129. The Morgan fingerprint density at radius 2 is 1.71 bits per heavy atom. The van der Waals surface area contributed by atoms with Crippen molar-refractivity contribution in [2.45, 2.75) is 77.8 Å². The van der Waals surface area contributed by atoms with Gasteiger partial charge in [-0.2, -0.15) is 0 Å². The molecule has 170 valence electrons. The summed E-state index contributed by atoms with van der Waals surface area (Å²) in [5.41, 5.74) is 1.18. The number of aryl methyl sites for hydroxylation is 1. The number of nitrogens with one attached hydrogen (secondary N) is 3. The summed E-state index contributed by atoms with van der Waals surface area (Å²) in [4.78, 5) is 25.2. The topological polar surface area (TPSA) is 70.2 Å². The number of unbranched alkanes of at least 4 members (excludes halogenated alkanes) is 3. The highest BCUT2D eigenvalue weighted by Crippen LogP contribution is 2.17. The van der Waals surface area contributed by atoms with Gasteiger partial charge in [0.15, 0.2) is 0 Å². The lowest BCUT2D eigenvalue weighted by Gasteiger charge is -2.19. The maximum Gasteiger partial charge on any atom is 0.242 e. The summed E-state index contributed by atoms with van der Waals surface area (Å²) in [5.74, 6) is -0.166. The average molecular weight is 426 g/mol. The van der Waals surface area contributed by atoms with Crippen molar-refractivity contribution >= 4 is 22.6 Å². The largest absolute Gasteiger partial charge is 0.354 e. The van der Waals surface area contributed by atoms with E-state index in [1.165, 1.54) is 29.2 Å². The van der Waals surface area contributed by atoms with Crippen molar-refractivity contribution in [3.05, 3.63) is 48.0 Å². The molecule has 0 fully saturated rings. The fourth-order valence-corrected chi connectivity index (χ4v) is 3.60. The molecule has 0 saturated heterocycles. The number of rotatable bonds is 14. The molecule has 0 aromatic heterocycles. The highest BCUT2D eigenvalue weighted by Gasteiger charge is 2.20. The normalized spacial score (nSPS) is 12.1. The fraction of sp³-hybridized carbons (Fsp3) is 0.538. The lowest BCUT2D eigenvalue weighted by Crippen LogP contribution is -2.47. The van der Waals surface area contributed by atoms with E-state index in [2.05, 4.69) is 67.1 Å². The van der Waals surface area contributed by atoms with E-state index in [1.54, 1.807) is 0 Å². The van der Waals surface area contributed by atoms with Gasteiger partial charge < -0.3 is 16.0 Å². The summed E-state index contributed by atoms with van der Waals surface area (Å²) in [6, 6.07) is 14.5. The maximum absolute atomic E-state index is 12.8. The van der Waals surface area contributed by atoms with Gasteiger partial charge in [0.05, 0.1) is 0 Å². The number of carbonyl (C=O) groups excluding carboxylic acids is 2. The Kier molecular flexibility index (Phi) is 11.1. The van der Waals surface area contributed by atoms with Gasteiger partial charge in [-0.25, -0.2) is 0 Å². The number of hydrogen-bond donors (Lipinski definition) is 3. The molecule has 5 heteroatoms. The summed E-state index contributed by atoms with van der Waals surface area (Å²) in [7, 11) is 0. The summed E-state index contributed by atoms with van der Waals surface area (Å²) in [5, 5.41) is 11.6. The molecule has 5 nitrogen and oxygen atoms in total. The van der Waals surface area contributed by atoms with E-state index in [4.69, 9.17) is 0 Å². The molecule has 1 atom stereocenters. The van der Waals surface area contributed by atoms with E-state index >= 15 is 0 Å². The van der Waals surface area contributed by atoms with Crippen molar-refractivity contribution in [1.29, 1.82) is 0 Å². The first-order valence-electron chi connectivity index (χ1n) is 11.8. The van der Waals surface area contributed by atoms with Crippen molar-refractivity contribution < 1.29 is 9.59 Å². The molecule has 2 aromatic rings. The third-order valence-corrected chi connectivity index (χ3v) is 5.42. The predicted molar refractivity (Wildman–Crippen MR) is 129 cm³/mol. The highest BCUT2D eigenvalue weighted by atomic mass is 16.2. The van der Waals surface area contributed by atoms with Gasteiger partial charge in [0.1, 0.15) is 6.04 Å². The van der Waals surface area contributed by atoms with Crippen LogP contribution >= 0.6 is 0 Å². The number of fused-ring (bicyclic) bond motifs is 1. The zero-order valence-corrected chi connectivity index (χ0v) is 19.4. The van der Waals surface area contributed by atoms with E-state index in [1.807, 2.05) is 12.1 Å². The van der Waals surface area contributed by atoms with Crippen LogP contribution in [0.5, 0.6) is 0 Å². The molecule has 3 N–H and O–H groups in total. The molecule has 0 unspecified atom stereocenters. The summed E-state index contributed by atoms with van der Waals surface area (Å²) in [6.07, 6.45) is 6.14. The zero-order valence-electron chi connectivity index (χ0n) is 19.4. The van der Waals surface area contributed by atoms with Crippen molar-refractivity contribution in [2.24, 2.45) is 0 Å². The second-order valence-corrected chi connectivity index (χ2v) is 8.55. The Morgan fingerprint density at radius 3 is 2.45 bits per heavy atom. The second kappa shape index (κ2) is 13.8. The molecule has 0 aliphatic rings. The van der Waals surface area contributed by atoms with Crippen molar-refractivity contribution in [2.75, 3.05) is 13.1 Å². The Balaban J connectivity index is 1.94. The van der Waals surface area contributed by atoms with E-state index in [0.717, 1.165) is 19.3 Å². The third-order valence-electron chi connectivity index (χ3n) is 5.42. The monoisotopic (exact) mass is 425 g/mol. The minimum Gasteiger partial charge on any atom is -0.354 e. The summed E-state index contributed by atoms with van der Waals surface area (Å²) < 4.78 is 0. The molecular weight excluding hydrogens is 386 g/mol. The van der Waals surface area contributed by atoms with Gasteiger partial charge in [0.2, 0.25) is 11.8 Å². The van der Waals surface area contributed by atoms with Crippen LogP contribution in [0.25, 0.3) is 10.8 Å². The molecule has 0 heterocycles. The standard InChI is InChI=1S/C26H39N3O2/c1-4-5-6-9-17-28-26(31)24(29-25(30)16-18-27-20(2)3)15-13-21-12-14-22-10-7-8-11-23(22)19-21/h7-8,10-12,14,19-20,24,27H,4-6,9,13,15-18H2,1-3H3,(H,28,31)(H,29,30)/t24-/m1/s1. The smallest absolute Gasteiger partial charge is 0.242 e. The first kappa shape index (κ1) is 24.9. The van der Waals surface area contributed by atoms with Crippen molar-refractivity contribution in [1.82, 2.24) is 16.0 Å². The van der Waals surface area contributed by atoms with Crippen molar-refractivity contribution in [3.8, 4) is 0 Å². The van der Waals surface area contributed by atoms with Gasteiger partial charge in [-0.05, 0) is 35.6 Å². The Bertz CT molecular complexity index is 819. The van der Waals surface area contributed by atoms with Crippen LogP contribution in [0, 0.1) is 0 Å². The van der Waals surface area contributed by atoms with Crippen LogP contribution in [0.2, 0.25) is 0 Å². The number of carbonyl (C=O) groups is 2. The predicted octanol–water partition coefficient (Wildman–Crippen LogP) is 4.34. The number of amides is 2. The minimum absolute atomic E-state index is 0.0811. The SMILES string of the molecule is CCCCCCNC(=O)[C@@H](CCc1ccc2ccccc2c1)NC(=O)CCNC(C)C. The minimum atomic E-state index is -0.510. The average Bonchev–Trinajstić information content (AvgIpc) is 2.76. The first-order chi connectivity index (χ1) is 15.0. The molecule has 0 radical (unpaired) electrons. The van der Waals surface area contributed by atoms with Gasteiger partial charge in [0, 0.05) is 25.6 Å². The molecule has 0 spiro atoms. The molecule has 0 saturated carbocycles. The Labute approximate surface area is 187 Å². The van der Waals surface area contributed by atoms with Crippen LogP contribution < -0.4 is 16.0 Å². The van der Waals surface area contributed by atoms with Crippen LogP contribution in [-0.4, -0.2) is 37.0 Å². The molecule has 31 heavy (non-hydrogen) atoms. The quantitative estimate of drug-likeness (QED) is 0.394. The van der Waals surface area contributed by atoms with E-state index in [9.17, 15) is 9.59 Å². The molecule has 0 aliphatic carbocycles. The summed E-state index contributed by atoms with van der Waals surface area (Å²) in [6.45, 7) is 7.55. The van der Waals surface area contributed by atoms with E-state index < -0.39 is 6.04 Å². The van der Waals surface area contributed by atoms with Gasteiger partial charge in [-0.1, -0.05) is 82.5 Å². The van der Waals surface area contributed by atoms with Gasteiger partial charge >= 0.3 is 0 Å². The fourth-order valence-electron chi connectivity index (χ4n) is 3.60. The lowest BCUT2D eigenvalue weighted by atomic mass is 10.0.